The topological polar surface area (TPSA) is 64.3 Å². The van der Waals surface area contributed by atoms with Gasteiger partial charge in [0.05, 0.1) is 5.69 Å². The largest absolute Gasteiger partial charge is 0.479 e. The Hall–Kier alpha value is -2.58. The molecule has 9 heteroatoms. The fourth-order valence-electron chi connectivity index (χ4n) is 1.56. The summed E-state index contributed by atoms with van der Waals surface area (Å²) in [7, 11) is 0. The summed E-state index contributed by atoms with van der Waals surface area (Å²) in [6.45, 7) is -0.993. The maximum atomic E-state index is 13.8. The summed E-state index contributed by atoms with van der Waals surface area (Å²) < 4.78 is 57.0. The smallest absolute Gasteiger partial charge is 0.438 e. The van der Waals surface area contributed by atoms with E-state index >= 15 is 0 Å². The lowest BCUT2D eigenvalue weighted by molar-refractivity contribution is -0.143. The summed E-state index contributed by atoms with van der Waals surface area (Å²) in [5.41, 5.74) is -1.67. The SMILES string of the molecule is O=C(O)COc1c(F)c(C(F)(F)F)nn1-c1ccccc1. The van der Waals surface area contributed by atoms with E-state index in [1.54, 1.807) is 6.07 Å². The van der Waals surface area contributed by atoms with Crippen LogP contribution in [0.15, 0.2) is 30.3 Å². The zero-order valence-electron chi connectivity index (χ0n) is 10.3. The van der Waals surface area contributed by atoms with E-state index in [9.17, 15) is 22.4 Å². The van der Waals surface area contributed by atoms with Crippen molar-refractivity contribution in [3.8, 4) is 11.6 Å². The number of aromatic nitrogens is 2. The Kier molecular flexibility index (Phi) is 3.83. The van der Waals surface area contributed by atoms with E-state index in [0.717, 1.165) is 0 Å². The Balaban J connectivity index is 2.54. The predicted octanol–water partition coefficient (Wildman–Crippen LogP) is 2.49. The van der Waals surface area contributed by atoms with Crippen molar-refractivity contribution in [2.24, 2.45) is 0 Å². The lowest BCUT2D eigenvalue weighted by atomic mass is 10.3. The number of nitrogens with zero attached hydrogens (tertiary/aromatic N) is 2. The molecule has 0 atom stereocenters. The molecule has 0 spiro atoms. The number of carboxylic acid groups (broad SMARTS) is 1. The molecular weight excluding hydrogens is 296 g/mol. The van der Waals surface area contributed by atoms with Crippen molar-refractivity contribution in [1.82, 2.24) is 9.78 Å². The Morgan fingerprint density at radius 2 is 1.90 bits per heavy atom. The van der Waals surface area contributed by atoms with Gasteiger partial charge in [0, 0.05) is 0 Å². The number of alkyl halides is 3. The van der Waals surface area contributed by atoms with E-state index in [1.807, 2.05) is 0 Å². The third kappa shape index (κ3) is 3.12. The molecule has 0 saturated heterocycles. The number of para-hydroxylation sites is 1. The van der Waals surface area contributed by atoms with E-state index in [1.165, 1.54) is 24.3 Å². The summed E-state index contributed by atoms with van der Waals surface area (Å²) in [6, 6.07) is 7.36. The second-order valence-corrected chi connectivity index (χ2v) is 3.90. The van der Waals surface area contributed by atoms with Crippen LogP contribution in [0.5, 0.6) is 5.88 Å². The van der Waals surface area contributed by atoms with Gasteiger partial charge in [0.2, 0.25) is 11.5 Å². The van der Waals surface area contributed by atoms with Gasteiger partial charge in [0.1, 0.15) is 0 Å². The Morgan fingerprint density at radius 3 is 2.43 bits per heavy atom. The van der Waals surface area contributed by atoms with Crippen molar-refractivity contribution in [2.45, 2.75) is 6.18 Å². The lowest BCUT2D eigenvalue weighted by Crippen LogP contribution is -2.12. The summed E-state index contributed by atoms with van der Waals surface area (Å²) >= 11 is 0. The van der Waals surface area contributed by atoms with Gasteiger partial charge in [0.15, 0.2) is 6.61 Å². The van der Waals surface area contributed by atoms with Crippen molar-refractivity contribution in [2.75, 3.05) is 6.61 Å². The first kappa shape index (κ1) is 14.8. The summed E-state index contributed by atoms with van der Waals surface area (Å²) in [4.78, 5) is 10.4. The fourth-order valence-corrected chi connectivity index (χ4v) is 1.56. The van der Waals surface area contributed by atoms with Crippen LogP contribution in [-0.2, 0) is 11.0 Å². The highest BCUT2D eigenvalue weighted by Gasteiger charge is 2.41. The molecule has 0 radical (unpaired) electrons. The number of rotatable bonds is 4. The molecule has 0 aliphatic rings. The van der Waals surface area contributed by atoms with Gasteiger partial charge >= 0.3 is 12.1 Å². The predicted molar refractivity (Wildman–Crippen MR) is 61.7 cm³/mol. The van der Waals surface area contributed by atoms with E-state index in [4.69, 9.17) is 5.11 Å². The summed E-state index contributed by atoms with van der Waals surface area (Å²) in [5, 5.41) is 11.6. The molecule has 2 rings (SSSR count). The summed E-state index contributed by atoms with van der Waals surface area (Å²) in [6.07, 6.45) is -5.02. The monoisotopic (exact) mass is 304 g/mol. The maximum Gasteiger partial charge on any atom is 0.438 e. The molecule has 0 aliphatic heterocycles. The standard InChI is InChI=1S/C12H8F4N2O3/c13-9-10(12(14,15)16)17-18(7-4-2-1-3-5-7)11(9)21-6-8(19)20/h1-5H,6H2,(H,19,20). The molecule has 112 valence electrons. The number of carbonyl (C=O) groups is 1. The van der Waals surface area contributed by atoms with Crippen molar-refractivity contribution >= 4 is 5.97 Å². The van der Waals surface area contributed by atoms with Crippen LogP contribution in [-0.4, -0.2) is 27.5 Å². The number of ether oxygens (including phenoxy) is 1. The lowest BCUT2D eigenvalue weighted by Gasteiger charge is -2.07. The van der Waals surface area contributed by atoms with Crippen LogP contribution in [0.2, 0.25) is 0 Å². The average Bonchev–Trinajstić information content (AvgIpc) is 2.74. The van der Waals surface area contributed by atoms with E-state index in [0.29, 0.717) is 4.68 Å². The van der Waals surface area contributed by atoms with Crippen molar-refractivity contribution in [3.05, 3.63) is 41.8 Å². The number of hydrogen-bond acceptors (Lipinski definition) is 3. The molecule has 0 unspecified atom stereocenters. The van der Waals surface area contributed by atoms with Crippen LogP contribution in [0.25, 0.3) is 5.69 Å². The minimum Gasteiger partial charge on any atom is -0.479 e. The van der Waals surface area contributed by atoms with E-state index in [-0.39, 0.29) is 5.69 Å². The molecule has 0 bridgehead atoms. The van der Waals surface area contributed by atoms with Crippen LogP contribution in [0.3, 0.4) is 0 Å². The number of halogens is 4. The molecule has 0 fully saturated rings. The van der Waals surface area contributed by atoms with Crippen LogP contribution in [0, 0.1) is 5.82 Å². The molecule has 2 aromatic rings. The zero-order valence-corrected chi connectivity index (χ0v) is 10.3. The third-order valence-corrected chi connectivity index (χ3v) is 2.39. The highest BCUT2D eigenvalue weighted by Crippen LogP contribution is 2.35. The number of aliphatic carboxylic acids is 1. The van der Waals surface area contributed by atoms with E-state index < -0.39 is 36.1 Å². The number of benzene rings is 1. The molecule has 1 N–H and O–H groups in total. The van der Waals surface area contributed by atoms with Crippen molar-refractivity contribution in [1.29, 1.82) is 0 Å². The van der Waals surface area contributed by atoms with Gasteiger partial charge in [-0.3, -0.25) is 0 Å². The van der Waals surface area contributed by atoms with Gasteiger partial charge in [0.25, 0.3) is 5.88 Å². The van der Waals surface area contributed by atoms with Gasteiger partial charge in [-0.15, -0.1) is 0 Å². The number of hydrogen-bond donors (Lipinski definition) is 1. The Labute approximate surface area is 115 Å². The maximum absolute atomic E-state index is 13.8. The first-order valence-electron chi connectivity index (χ1n) is 5.56. The number of carboxylic acids is 1. The van der Waals surface area contributed by atoms with Crippen LogP contribution in [0.1, 0.15) is 5.69 Å². The molecular formula is C12H8F4N2O3. The van der Waals surface area contributed by atoms with Gasteiger partial charge < -0.3 is 9.84 Å². The molecule has 1 aromatic heterocycles. The minimum absolute atomic E-state index is 0.104. The zero-order chi connectivity index (χ0) is 15.6. The molecule has 0 aliphatic carbocycles. The highest BCUT2D eigenvalue weighted by molar-refractivity contribution is 5.68. The molecule has 0 amide bonds. The first-order chi connectivity index (χ1) is 9.80. The molecule has 5 nitrogen and oxygen atoms in total. The fraction of sp³-hybridized carbons (Fsp3) is 0.167. The van der Waals surface area contributed by atoms with Gasteiger partial charge in [-0.1, -0.05) is 18.2 Å². The highest BCUT2D eigenvalue weighted by atomic mass is 19.4. The van der Waals surface area contributed by atoms with Crippen LogP contribution >= 0.6 is 0 Å². The van der Waals surface area contributed by atoms with Gasteiger partial charge in [-0.05, 0) is 12.1 Å². The first-order valence-corrected chi connectivity index (χ1v) is 5.56. The second-order valence-electron chi connectivity index (χ2n) is 3.90. The molecule has 1 heterocycles. The average molecular weight is 304 g/mol. The molecule has 0 saturated carbocycles. The molecule has 21 heavy (non-hydrogen) atoms. The Bertz CT molecular complexity index is 653. The van der Waals surface area contributed by atoms with Crippen molar-refractivity contribution < 1.29 is 32.2 Å². The molecule has 1 aromatic carbocycles. The Morgan fingerprint density at radius 1 is 1.29 bits per heavy atom. The van der Waals surface area contributed by atoms with Gasteiger partial charge in [-0.2, -0.15) is 27.3 Å². The van der Waals surface area contributed by atoms with Crippen LogP contribution in [0.4, 0.5) is 17.6 Å². The van der Waals surface area contributed by atoms with Crippen LogP contribution < -0.4 is 4.74 Å². The van der Waals surface area contributed by atoms with Gasteiger partial charge in [-0.25, -0.2) is 4.79 Å². The quantitative estimate of drug-likeness (QED) is 0.881. The minimum atomic E-state index is -5.02. The van der Waals surface area contributed by atoms with E-state index in [2.05, 4.69) is 9.84 Å². The summed E-state index contributed by atoms with van der Waals surface area (Å²) in [5.74, 6) is -4.12. The van der Waals surface area contributed by atoms with Crippen molar-refractivity contribution in [3.63, 3.8) is 0 Å². The third-order valence-electron chi connectivity index (χ3n) is 2.39. The second kappa shape index (κ2) is 5.43. The normalized spacial score (nSPS) is 11.4.